The van der Waals surface area contributed by atoms with Crippen LogP contribution in [0.3, 0.4) is 0 Å². The van der Waals surface area contributed by atoms with E-state index in [9.17, 15) is 14.7 Å². The molecule has 8 heteroatoms. The van der Waals surface area contributed by atoms with Gasteiger partial charge < -0.3 is 14.3 Å². The van der Waals surface area contributed by atoms with Crippen LogP contribution in [0.5, 0.6) is 5.75 Å². The molecule has 0 saturated carbocycles. The average molecular weight is 517 g/mol. The zero-order valence-electron chi connectivity index (χ0n) is 21.4. The number of rotatable bonds is 6. The van der Waals surface area contributed by atoms with Gasteiger partial charge in [0.15, 0.2) is 16.7 Å². The number of aromatic nitrogens is 1. The summed E-state index contributed by atoms with van der Waals surface area (Å²) < 4.78 is 12.0. The Morgan fingerprint density at radius 3 is 2.49 bits per heavy atom. The van der Waals surface area contributed by atoms with Gasteiger partial charge in [-0.1, -0.05) is 56.4 Å². The molecule has 0 saturated heterocycles. The zero-order chi connectivity index (χ0) is 26.5. The molecule has 1 aliphatic heterocycles. The number of ether oxygens (including phenoxy) is 1. The minimum absolute atomic E-state index is 0.0304. The standard InChI is InChI=1S/C29H28N2O5S/c1-6-35-19-12-13-20-22(15-19)37-28(30-20)31-24(17-8-10-18(11-9-17)29(3,4)5)23(26(33)27(31)34)25(32)21-14-7-16(2)36-21/h7-15,24,33H,6H2,1-5H3. The van der Waals surface area contributed by atoms with Gasteiger partial charge in [0.2, 0.25) is 5.78 Å². The fraction of sp³-hybridized carbons (Fsp3) is 0.276. The van der Waals surface area contributed by atoms with E-state index in [2.05, 4.69) is 25.8 Å². The lowest BCUT2D eigenvalue weighted by Gasteiger charge is -2.25. The fourth-order valence-corrected chi connectivity index (χ4v) is 5.48. The van der Waals surface area contributed by atoms with Gasteiger partial charge in [-0.2, -0.15) is 0 Å². The monoisotopic (exact) mass is 516 g/mol. The topological polar surface area (TPSA) is 92.9 Å². The molecule has 1 N–H and O–H groups in total. The molecule has 7 nitrogen and oxygen atoms in total. The number of hydrogen-bond acceptors (Lipinski definition) is 7. The van der Waals surface area contributed by atoms with Crippen molar-refractivity contribution in [1.82, 2.24) is 4.98 Å². The molecule has 2 aromatic heterocycles. The number of aryl methyl sites for hydroxylation is 1. The second kappa shape index (κ2) is 9.19. The molecule has 1 atom stereocenters. The number of carbonyl (C=O) groups excluding carboxylic acids is 2. The summed E-state index contributed by atoms with van der Waals surface area (Å²) in [5.74, 6) is -0.482. The fourth-order valence-electron chi connectivity index (χ4n) is 4.46. The molecule has 1 amide bonds. The minimum Gasteiger partial charge on any atom is -0.503 e. The summed E-state index contributed by atoms with van der Waals surface area (Å²) in [5.41, 5.74) is 2.39. The number of fused-ring (bicyclic) bond motifs is 1. The van der Waals surface area contributed by atoms with Crippen LogP contribution < -0.4 is 9.64 Å². The van der Waals surface area contributed by atoms with Crippen molar-refractivity contribution < 1.29 is 23.8 Å². The maximum atomic E-state index is 13.6. The van der Waals surface area contributed by atoms with Crippen molar-refractivity contribution in [3.8, 4) is 5.75 Å². The third kappa shape index (κ3) is 4.42. The van der Waals surface area contributed by atoms with Gasteiger partial charge in [0.05, 0.1) is 28.4 Å². The van der Waals surface area contributed by atoms with Gasteiger partial charge in [0.1, 0.15) is 11.5 Å². The number of amides is 1. The molecule has 2 aromatic carbocycles. The van der Waals surface area contributed by atoms with Gasteiger partial charge in [0.25, 0.3) is 5.91 Å². The van der Waals surface area contributed by atoms with Crippen LogP contribution in [0.2, 0.25) is 0 Å². The van der Waals surface area contributed by atoms with Crippen molar-refractivity contribution in [1.29, 1.82) is 0 Å². The third-order valence-corrected chi connectivity index (χ3v) is 7.39. The molecular formula is C29H28N2O5S. The number of benzene rings is 2. The lowest BCUT2D eigenvalue weighted by atomic mass is 9.85. The highest BCUT2D eigenvalue weighted by Gasteiger charge is 2.46. The second-order valence-electron chi connectivity index (χ2n) is 10.0. The first-order valence-corrected chi connectivity index (χ1v) is 12.9. The number of furan rings is 1. The predicted molar refractivity (Wildman–Crippen MR) is 144 cm³/mol. The van der Waals surface area contributed by atoms with Crippen molar-refractivity contribution in [3.05, 3.63) is 88.6 Å². The first-order valence-electron chi connectivity index (χ1n) is 12.1. The molecule has 5 rings (SSSR count). The summed E-state index contributed by atoms with van der Waals surface area (Å²) in [5, 5.41) is 11.4. The molecule has 3 heterocycles. The highest BCUT2D eigenvalue weighted by Crippen LogP contribution is 2.45. The van der Waals surface area contributed by atoms with Crippen LogP contribution in [0.15, 0.2) is 70.3 Å². The molecule has 190 valence electrons. The summed E-state index contributed by atoms with van der Waals surface area (Å²) in [6.07, 6.45) is 0. The van der Waals surface area contributed by atoms with E-state index in [1.807, 2.05) is 49.4 Å². The van der Waals surface area contributed by atoms with Crippen molar-refractivity contribution in [2.45, 2.75) is 46.1 Å². The Labute approximate surface area is 219 Å². The Bertz CT molecular complexity index is 1540. The Balaban J connectivity index is 1.64. The van der Waals surface area contributed by atoms with Crippen LogP contribution in [0.25, 0.3) is 10.2 Å². The maximum absolute atomic E-state index is 13.6. The molecule has 4 aromatic rings. The van der Waals surface area contributed by atoms with Crippen molar-refractivity contribution >= 4 is 38.4 Å². The summed E-state index contributed by atoms with van der Waals surface area (Å²) in [7, 11) is 0. The van der Waals surface area contributed by atoms with Gasteiger partial charge in [0, 0.05) is 0 Å². The summed E-state index contributed by atoms with van der Waals surface area (Å²) >= 11 is 1.30. The minimum atomic E-state index is -0.869. The second-order valence-corrected chi connectivity index (χ2v) is 11.0. The molecule has 37 heavy (non-hydrogen) atoms. The van der Waals surface area contributed by atoms with Crippen LogP contribution >= 0.6 is 11.3 Å². The molecule has 0 spiro atoms. The Morgan fingerprint density at radius 1 is 1.14 bits per heavy atom. The molecule has 1 unspecified atom stereocenters. The van der Waals surface area contributed by atoms with E-state index >= 15 is 0 Å². The molecule has 0 bridgehead atoms. The van der Waals surface area contributed by atoms with E-state index in [4.69, 9.17) is 9.15 Å². The molecular weight excluding hydrogens is 488 g/mol. The van der Waals surface area contributed by atoms with Crippen LogP contribution in [0.4, 0.5) is 5.13 Å². The van der Waals surface area contributed by atoms with E-state index in [0.717, 1.165) is 10.3 Å². The van der Waals surface area contributed by atoms with E-state index in [-0.39, 0.29) is 16.7 Å². The predicted octanol–water partition coefficient (Wildman–Crippen LogP) is 6.68. The highest BCUT2D eigenvalue weighted by atomic mass is 32.1. The van der Waals surface area contributed by atoms with Gasteiger partial charge >= 0.3 is 0 Å². The third-order valence-electron chi connectivity index (χ3n) is 6.38. The first kappa shape index (κ1) is 24.8. The van der Waals surface area contributed by atoms with Gasteiger partial charge in [-0.05, 0) is 60.7 Å². The van der Waals surface area contributed by atoms with Gasteiger partial charge in [-0.3, -0.25) is 14.5 Å². The number of hydrogen-bond donors (Lipinski definition) is 1. The SMILES string of the molecule is CCOc1ccc2nc(N3C(=O)C(O)=C(C(=O)c4ccc(C)o4)C3c3ccc(C(C)(C)C)cc3)sc2c1. The summed E-state index contributed by atoms with van der Waals surface area (Å²) in [4.78, 5) is 33.1. The number of thiazole rings is 1. The van der Waals surface area contributed by atoms with Gasteiger partial charge in [-0.15, -0.1) is 0 Å². The molecule has 0 radical (unpaired) electrons. The number of aliphatic hydroxyl groups excluding tert-OH is 1. The van der Waals surface area contributed by atoms with Crippen LogP contribution in [-0.4, -0.2) is 28.4 Å². The first-order chi connectivity index (χ1) is 17.6. The lowest BCUT2D eigenvalue weighted by Crippen LogP contribution is -2.31. The molecule has 0 aliphatic carbocycles. The van der Waals surface area contributed by atoms with E-state index in [0.29, 0.717) is 34.3 Å². The smallest absolute Gasteiger partial charge is 0.296 e. The number of anilines is 1. The number of Topliss-reactive ketones (excluding diaryl/α,β-unsaturated/α-hetero) is 1. The molecule has 1 aliphatic rings. The summed E-state index contributed by atoms with van der Waals surface area (Å²) in [6.45, 7) is 10.5. The number of nitrogens with zero attached hydrogens (tertiary/aromatic N) is 2. The van der Waals surface area contributed by atoms with Crippen LogP contribution in [0.1, 0.15) is 61.2 Å². The summed E-state index contributed by atoms with van der Waals surface area (Å²) in [6, 6.07) is 15.7. The largest absolute Gasteiger partial charge is 0.503 e. The Hall–Kier alpha value is -3.91. The van der Waals surface area contributed by atoms with E-state index in [1.54, 1.807) is 19.1 Å². The number of aliphatic hydroxyl groups is 1. The number of carbonyl (C=O) groups is 2. The van der Waals surface area contributed by atoms with E-state index in [1.165, 1.54) is 16.2 Å². The van der Waals surface area contributed by atoms with Crippen molar-refractivity contribution in [2.24, 2.45) is 0 Å². The van der Waals surface area contributed by atoms with Crippen LogP contribution in [-0.2, 0) is 10.2 Å². The Kier molecular flexibility index (Phi) is 6.15. The number of ketones is 1. The van der Waals surface area contributed by atoms with Gasteiger partial charge in [-0.25, -0.2) is 4.98 Å². The highest BCUT2D eigenvalue weighted by molar-refractivity contribution is 7.22. The van der Waals surface area contributed by atoms with Crippen LogP contribution in [0, 0.1) is 6.92 Å². The Morgan fingerprint density at radius 2 is 1.86 bits per heavy atom. The average Bonchev–Trinajstić information content (AvgIpc) is 3.54. The van der Waals surface area contributed by atoms with Crippen molar-refractivity contribution in [2.75, 3.05) is 11.5 Å². The normalized spacial score (nSPS) is 16.2. The zero-order valence-corrected chi connectivity index (χ0v) is 22.2. The molecule has 0 fully saturated rings. The van der Waals surface area contributed by atoms with E-state index < -0.39 is 23.5 Å². The van der Waals surface area contributed by atoms with Crippen molar-refractivity contribution in [3.63, 3.8) is 0 Å². The maximum Gasteiger partial charge on any atom is 0.296 e. The quantitative estimate of drug-likeness (QED) is 0.288. The lowest BCUT2D eigenvalue weighted by molar-refractivity contribution is -0.117.